The molecule has 1 aliphatic rings. The second-order valence-corrected chi connectivity index (χ2v) is 6.28. The zero-order valence-electron chi connectivity index (χ0n) is 12.9. The summed E-state index contributed by atoms with van der Waals surface area (Å²) < 4.78 is 13.0. The highest BCUT2D eigenvalue weighted by Crippen LogP contribution is 2.27. The second kappa shape index (κ2) is 7.78. The highest BCUT2D eigenvalue weighted by molar-refractivity contribution is 5.26. The van der Waals surface area contributed by atoms with E-state index < -0.39 is 0 Å². The summed E-state index contributed by atoms with van der Waals surface area (Å²) in [6.45, 7) is 5.29. The van der Waals surface area contributed by atoms with Gasteiger partial charge in [-0.1, -0.05) is 25.8 Å². The van der Waals surface area contributed by atoms with Gasteiger partial charge in [-0.3, -0.25) is 0 Å². The molecule has 1 aromatic carbocycles. The van der Waals surface area contributed by atoms with E-state index in [9.17, 15) is 4.39 Å². The summed E-state index contributed by atoms with van der Waals surface area (Å²) in [4.78, 5) is 0. The van der Waals surface area contributed by atoms with Crippen molar-refractivity contribution in [3.8, 4) is 0 Å². The van der Waals surface area contributed by atoms with Crippen molar-refractivity contribution in [1.29, 1.82) is 0 Å². The lowest BCUT2D eigenvalue weighted by molar-refractivity contribution is 0.279. The maximum absolute atomic E-state index is 13.0. The third kappa shape index (κ3) is 4.59. The van der Waals surface area contributed by atoms with E-state index in [0.29, 0.717) is 6.04 Å². The Morgan fingerprint density at radius 1 is 1.20 bits per heavy atom. The third-order valence-corrected chi connectivity index (χ3v) is 4.68. The van der Waals surface area contributed by atoms with Crippen LogP contribution in [0.2, 0.25) is 0 Å². The number of halogens is 1. The smallest absolute Gasteiger partial charge is 0.123 e. The Balaban J connectivity index is 1.69. The molecule has 0 amide bonds. The van der Waals surface area contributed by atoms with Crippen LogP contribution < -0.4 is 5.32 Å². The van der Waals surface area contributed by atoms with Crippen LogP contribution in [0, 0.1) is 18.7 Å². The highest BCUT2D eigenvalue weighted by Gasteiger charge is 2.19. The minimum Gasteiger partial charge on any atom is -0.314 e. The van der Waals surface area contributed by atoms with Crippen molar-refractivity contribution in [2.45, 2.75) is 64.8 Å². The number of nitrogens with one attached hydrogen (secondary N) is 1. The minimum atomic E-state index is -0.131. The summed E-state index contributed by atoms with van der Waals surface area (Å²) in [6, 6.07) is 5.82. The fraction of sp³-hybridized carbons (Fsp3) is 0.667. The number of rotatable bonds is 6. The molecular formula is C18H28FN. The van der Waals surface area contributed by atoms with Crippen LogP contribution in [0.25, 0.3) is 0 Å². The summed E-state index contributed by atoms with van der Waals surface area (Å²) in [7, 11) is 0. The average Bonchev–Trinajstić information content (AvgIpc) is 2.43. The minimum absolute atomic E-state index is 0.131. The molecule has 2 rings (SSSR count). The number of aryl methyl sites for hydroxylation is 1. The summed E-state index contributed by atoms with van der Waals surface area (Å²) in [5.41, 5.74) is 2.33. The normalized spacial score (nSPS) is 22.9. The van der Waals surface area contributed by atoms with E-state index in [1.54, 1.807) is 12.1 Å². The SMILES string of the molecule is CCCC1CCC(NCCc2ccc(F)cc2C)CC1. The van der Waals surface area contributed by atoms with E-state index in [2.05, 4.69) is 12.2 Å². The summed E-state index contributed by atoms with van der Waals surface area (Å²) in [6.07, 6.45) is 9.16. The molecule has 1 N–H and O–H groups in total. The van der Waals surface area contributed by atoms with Crippen molar-refractivity contribution in [3.63, 3.8) is 0 Å². The Labute approximate surface area is 123 Å². The van der Waals surface area contributed by atoms with Gasteiger partial charge >= 0.3 is 0 Å². The van der Waals surface area contributed by atoms with Crippen LogP contribution in [0.1, 0.15) is 56.6 Å². The van der Waals surface area contributed by atoms with Crippen LogP contribution in [0.3, 0.4) is 0 Å². The standard InChI is InChI=1S/C18H28FN/c1-3-4-15-5-9-18(10-6-15)20-12-11-16-7-8-17(19)13-14(16)2/h7-8,13,15,18,20H,3-6,9-12H2,1-2H3. The van der Waals surface area contributed by atoms with Crippen molar-refractivity contribution in [3.05, 3.63) is 35.1 Å². The van der Waals surface area contributed by atoms with Gasteiger partial charge < -0.3 is 5.32 Å². The van der Waals surface area contributed by atoms with Crippen LogP contribution in [-0.4, -0.2) is 12.6 Å². The predicted octanol–water partition coefficient (Wildman–Crippen LogP) is 4.63. The zero-order valence-corrected chi connectivity index (χ0v) is 12.9. The molecular weight excluding hydrogens is 249 g/mol. The van der Waals surface area contributed by atoms with Crippen LogP contribution >= 0.6 is 0 Å². The fourth-order valence-corrected chi connectivity index (χ4v) is 3.41. The van der Waals surface area contributed by atoms with Gasteiger partial charge in [-0.05, 0) is 74.8 Å². The molecule has 20 heavy (non-hydrogen) atoms. The number of benzene rings is 1. The van der Waals surface area contributed by atoms with Gasteiger partial charge in [-0.25, -0.2) is 4.39 Å². The van der Waals surface area contributed by atoms with Gasteiger partial charge in [0.25, 0.3) is 0 Å². The van der Waals surface area contributed by atoms with Gasteiger partial charge in [0.05, 0.1) is 0 Å². The lowest BCUT2D eigenvalue weighted by atomic mass is 9.83. The van der Waals surface area contributed by atoms with E-state index in [1.165, 1.54) is 44.1 Å². The maximum Gasteiger partial charge on any atom is 0.123 e. The van der Waals surface area contributed by atoms with Crippen molar-refractivity contribution in [1.82, 2.24) is 5.32 Å². The van der Waals surface area contributed by atoms with Gasteiger partial charge in [0.15, 0.2) is 0 Å². The number of hydrogen-bond acceptors (Lipinski definition) is 1. The Morgan fingerprint density at radius 2 is 1.95 bits per heavy atom. The van der Waals surface area contributed by atoms with E-state index in [1.807, 2.05) is 13.0 Å². The highest BCUT2D eigenvalue weighted by atomic mass is 19.1. The largest absolute Gasteiger partial charge is 0.314 e. The lowest BCUT2D eigenvalue weighted by Gasteiger charge is -2.29. The molecule has 1 aliphatic carbocycles. The first kappa shape index (κ1) is 15.5. The quantitative estimate of drug-likeness (QED) is 0.799. The van der Waals surface area contributed by atoms with Crippen molar-refractivity contribution in [2.24, 2.45) is 5.92 Å². The van der Waals surface area contributed by atoms with Crippen molar-refractivity contribution < 1.29 is 4.39 Å². The number of hydrogen-bond donors (Lipinski definition) is 1. The molecule has 0 saturated heterocycles. The van der Waals surface area contributed by atoms with Crippen LogP contribution in [0.5, 0.6) is 0 Å². The molecule has 0 bridgehead atoms. The average molecular weight is 277 g/mol. The predicted molar refractivity (Wildman–Crippen MR) is 83.5 cm³/mol. The van der Waals surface area contributed by atoms with Crippen molar-refractivity contribution >= 4 is 0 Å². The monoisotopic (exact) mass is 277 g/mol. The molecule has 0 unspecified atom stereocenters. The maximum atomic E-state index is 13.0. The molecule has 0 atom stereocenters. The van der Waals surface area contributed by atoms with Crippen molar-refractivity contribution in [2.75, 3.05) is 6.54 Å². The molecule has 0 spiro atoms. The summed E-state index contributed by atoms with van der Waals surface area (Å²) in [5, 5.41) is 3.68. The van der Waals surface area contributed by atoms with E-state index >= 15 is 0 Å². The molecule has 1 saturated carbocycles. The Bertz CT molecular complexity index is 408. The molecule has 0 radical (unpaired) electrons. The molecule has 0 aromatic heterocycles. The summed E-state index contributed by atoms with van der Waals surface area (Å²) in [5.74, 6) is 0.839. The second-order valence-electron chi connectivity index (χ2n) is 6.28. The van der Waals surface area contributed by atoms with Crippen LogP contribution in [0.15, 0.2) is 18.2 Å². The van der Waals surface area contributed by atoms with Gasteiger partial charge in [0, 0.05) is 6.04 Å². The van der Waals surface area contributed by atoms with Crippen LogP contribution in [0.4, 0.5) is 4.39 Å². The van der Waals surface area contributed by atoms with E-state index in [-0.39, 0.29) is 5.82 Å². The zero-order chi connectivity index (χ0) is 14.4. The Kier molecular flexibility index (Phi) is 6.03. The molecule has 2 heteroatoms. The lowest BCUT2D eigenvalue weighted by Crippen LogP contribution is -2.34. The fourth-order valence-electron chi connectivity index (χ4n) is 3.41. The van der Waals surface area contributed by atoms with Gasteiger partial charge in [0.2, 0.25) is 0 Å². The molecule has 0 aliphatic heterocycles. The topological polar surface area (TPSA) is 12.0 Å². The van der Waals surface area contributed by atoms with Crippen LogP contribution in [-0.2, 0) is 6.42 Å². The van der Waals surface area contributed by atoms with Gasteiger partial charge in [-0.15, -0.1) is 0 Å². The first-order valence-corrected chi connectivity index (χ1v) is 8.17. The molecule has 1 fully saturated rings. The molecule has 1 nitrogen and oxygen atoms in total. The molecule has 112 valence electrons. The van der Waals surface area contributed by atoms with Gasteiger partial charge in [-0.2, -0.15) is 0 Å². The summed E-state index contributed by atoms with van der Waals surface area (Å²) >= 11 is 0. The first-order chi connectivity index (χ1) is 9.69. The third-order valence-electron chi connectivity index (χ3n) is 4.68. The van der Waals surface area contributed by atoms with E-state index in [0.717, 1.165) is 24.4 Å². The molecule has 1 aromatic rings. The van der Waals surface area contributed by atoms with Gasteiger partial charge in [0.1, 0.15) is 5.82 Å². The first-order valence-electron chi connectivity index (χ1n) is 8.17. The Hall–Kier alpha value is -0.890. The van der Waals surface area contributed by atoms with E-state index in [4.69, 9.17) is 0 Å². The molecule has 0 heterocycles. The Morgan fingerprint density at radius 3 is 2.60 bits per heavy atom.